The van der Waals surface area contributed by atoms with Gasteiger partial charge in [-0.15, -0.1) is 0 Å². The van der Waals surface area contributed by atoms with Crippen LogP contribution in [0.4, 0.5) is 0 Å². The van der Waals surface area contributed by atoms with Gasteiger partial charge >= 0.3 is 0 Å². The van der Waals surface area contributed by atoms with Crippen molar-refractivity contribution >= 4 is 5.78 Å². The second-order valence-electron chi connectivity index (χ2n) is 4.75. The summed E-state index contributed by atoms with van der Waals surface area (Å²) in [5.74, 6) is 2.51. The lowest BCUT2D eigenvalue weighted by molar-refractivity contribution is -0.121. The number of ketones is 1. The largest absolute Gasteiger partial charge is 0.300 e. The molecule has 1 heteroatoms. The average molecular weight is 179 g/mol. The molecule has 0 aromatic heterocycles. The van der Waals surface area contributed by atoms with E-state index in [0.29, 0.717) is 17.6 Å². The van der Waals surface area contributed by atoms with Gasteiger partial charge in [0.2, 0.25) is 0 Å². The van der Waals surface area contributed by atoms with E-state index in [1.54, 1.807) is 0 Å². The highest BCUT2D eigenvalue weighted by atomic mass is 16.1. The van der Waals surface area contributed by atoms with Gasteiger partial charge in [-0.25, -0.2) is 0 Å². The summed E-state index contributed by atoms with van der Waals surface area (Å²) in [6.45, 7) is 4.18. The second kappa shape index (κ2) is 3.81. The number of carbonyl (C=O) groups is 1. The molecule has 0 N–H and O–H groups in total. The maximum absolute atomic E-state index is 11.5. The lowest BCUT2D eigenvalue weighted by Crippen LogP contribution is -2.20. The van der Waals surface area contributed by atoms with Gasteiger partial charge in [-0.05, 0) is 43.9 Å². The molecule has 0 spiro atoms. The van der Waals surface area contributed by atoms with Gasteiger partial charge in [-0.1, -0.05) is 12.8 Å². The molecule has 0 saturated heterocycles. The van der Waals surface area contributed by atoms with Gasteiger partial charge in [-0.2, -0.15) is 0 Å². The Morgan fingerprint density at radius 1 is 1.15 bits per heavy atom. The maximum Gasteiger partial charge on any atom is 0.133 e. The molecule has 2 aliphatic rings. The van der Waals surface area contributed by atoms with Crippen molar-refractivity contribution in [2.75, 3.05) is 0 Å². The zero-order valence-corrected chi connectivity index (χ0v) is 8.30. The Hall–Kier alpha value is -0.330. The first-order valence-corrected chi connectivity index (χ1v) is 5.62. The Morgan fingerprint density at radius 3 is 2.85 bits per heavy atom. The third-order valence-electron chi connectivity index (χ3n) is 3.86. The van der Waals surface area contributed by atoms with Crippen LogP contribution in [0.1, 0.15) is 44.9 Å². The predicted molar refractivity (Wildman–Crippen MR) is 53.2 cm³/mol. The fourth-order valence-electron chi connectivity index (χ4n) is 3.03. The standard InChI is InChI=1S/C12H19O/c1-9-6-7-10-4-2-3-5-11(13)8-12(9)10/h9-10,12H,1-8H2. The smallest absolute Gasteiger partial charge is 0.133 e. The summed E-state index contributed by atoms with van der Waals surface area (Å²) in [6.07, 6.45) is 7.98. The van der Waals surface area contributed by atoms with Crippen LogP contribution in [0.3, 0.4) is 0 Å². The van der Waals surface area contributed by atoms with Crippen LogP contribution in [-0.2, 0) is 4.79 Å². The molecule has 2 rings (SSSR count). The third kappa shape index (κ3) is 1.95. The van der Waals surface area contributed by atoms with E-state index in [1.165, 1.54) is 25.7 Å². The van der Waals surface area contributed by atoms with Gasteiger partial charge in [0.25, 0.3) is 0 Å². The molecule has 2 fully saturated rings. The van der Waals surface area contributed by atoms with E-state index in [4.69, 9.17) is 0 Å². The molecule has 13 heavy (non-hydrogen) atoms. The highest BCUT2D eigenvalue weighted by Gasteiger charge is 2.34. The molecule has 1 radical (unpaired) electrons. The zero-order chi connectivity index (χ0) is 9.26. The van der Waals surface area contributed by atoms with E-state index in [2.05, 4.69) is 6.92 Å². The molecule has 2 aliphatic carbocycles. The van der Waals surface area contributed by atoms with Gasteiger partial charge < -0.3 is 0 Å². The fraction of sp³-hybridized carbons (Fsp3) is 0.833. The predicted octanol–water partition coefficient (Wildman–Crippen LogP) is 3.00. The summed E-state index contributed by atoms with van der Waals surface area (Å²) in [5, 5.41) is 0. The molecular formula is C12H19O. The monoisotopic (exact) mass is 179 g/mol. The van der Waals surface area contributed by atoms with Crippen molar-refractivity contribution < 1.29 is 4.79 Å². The van der Waals surface area contributed by atoms with E-state index in [1.807, 2.05) is 0 Å². The van der Waals surface area contributed by atoms with Crippen LogP contribution in [-0.4, -0.2) is 5.78 Å². The molecule has 3 unspecified atom stereocenters. The minimum absolute atomic E-state index is 0.491. The molecule has 0 heterocycles. The number of Topliss-reactive ketones (excluding diaryl/α,β-unsaturated/α-hetero) is 1. The van der Waals surface area contributed by atoms with Gasteiger partial charge in [-0.3, -0.25) is 4.79 Å². The quantitative estimate of drug-likeness (QED) is 0.558. The van der Waals surface area contributed by atoms with Crippen molar-refractivity contribution in [3.63, 3.8) is 0 Å². The molecule has 0 bridgehead atoms. The van der Waals surface area contributed by atoms with Gasteiger partial charge in [0.05, 0.1) is 0 Å². The van der Waals surface area contributed by atoms with Crippen LogP contribution < -0.4 is 0 Å². The lowest BCUT2D eigenvalue weighted by Gasteiger charge is -2.24. The SMILES string of the molecule is [CH2]C1CCC2CCCCC(=O)CC12. The Balaban J connectivity index is 2.04. The van der Waals surface area contributed by atoms with E-state index in [0.717, 1.165) is 25.2 Å². The number of rotatable bonds is 0. The molecule has 2 saturated carbocycles. The van der Waals surface area contributed by atoms with Gasteiger partial charge in [0.15, 0.2) is 0 Å². The van der Waals surface area contributed by atoms with Crippen LogP contribution in [0.25, 0.3) is 0 Å². The number of fused-ring (bicyclic) bond motifs is 1. The molecule has 0 aromatic carbocycles. The van der Waals surface area contributed by atoms with Crippen molar-refractivity contribution in [2.45, 2.75) is 44.9 Å². The van der Waals surface area contributed by atoms with Crippen molar-refractivity contribution in [3.8, 4) is 0 Å². The maximum atomic E-state index is 11.5. The molecule has 0 aliphatic heterocycles. The van der Waals surface area contributed by atoms with Crippen molar-refractivity contribution in [3.05, 3.63) is 6.92 Å². The molecule has 73 valence electrons. The van der Waals surface area contributed by atoms with E-state index >= 15 is 0 Å². The summed E-state index contributed by atoms with van der Waals surface area (Å²) >= 11 is 0. The highest BCUT2D eigenvalue weighted by molar-refractivity contribution is 5.78. The first-order chi connectivity index (χ1) is 6.27. The van der Waals surface area contributed by atoms with Crippen LogP contribution in [0.15, 0.2) is 0 Å². The zero-order valence-electron chi connectivity index (χ0n) is 8.30. The van der Waals surface area contributed by atoms with Crippen LogP contribution >= 0.6 is 0 Å². The van der Waals surface area contributed by atoms with E-state index in [-0.39, 0.29) is 0 Å². The van der Waals surface area contributed by atoms with Crippen LogP contribution in [0.2, 0.25) is 0 Å². The Morgan fingerprint density at radius 2 is 2.00 bits per heavy atom. The third-order valence-corrected chi connectivity index (χ3v) is 3.86. The number of hydrogen-bond acceptors (Lipinski definition) is 1. The summed E-state index contributed by atoms with van der Waals surface area (Å²) in [7, 11) is 0. The normalized spacial score (nSPS) is 41.0. The number of carbonyl (C=O) groups excluding carboxylic acids is 1. The highest BCUT2D eigenvalue weighted by Crippen LogP contribution is 2.42. The lowest BCUT2D eigenvalue weighted by atomic mass is 9.80. The molecule has 0 amide bonds. The Kier molecular flexibility index (Phi) is 2.71. The summed E-state index contributed by atoms with van der Waals surface area (Å²) in [6, 6.07) is 0. The summed E-state index contributed by atoms with van der Waals surface area (Å²) in [5.41, 5.74) is 0. The van der Waals surface area contributed by atoms with E-state index in [9.17, 15) is 4.79 Å². The fourth-order valence-corrected chi connectivity index (χ4v) is 3.03. The first-order valence-electron chi connectivity index (χ1n) is 5.62. The topological polar surface area (TPSA) is 17.1 Å². The Labute approximate surface area is 80.9 Å². The van der Waals surface area contributed by atoms with Crippen LogP contribution in [0, 0.1) is 24.7 Å². The second-order valence-corrected chi connectivity index (χ2v) is 4.75. The minimum atomic E-state index is 0.491. The summed E-state index contributed by atoms with van der Waals surface area (Å²) in [4.78, 5) is 11.5. The van der Waals surface area contributed by atoms with E-state index < -0.39 is 0 Å². The van der Waals surface area contributed by atoms with Crippen molar-refractivity contribution in [1.29, 1.82) is 0 Å². The van der Waals surface area contributed by atoms with Crippen molar-refractivity contribution in [2.24, 2.45) is 17.8 Å². The molecule has 3 atom stereocenters. The molecule has 1 nitrogen and oxygen atoms in total. The average Bonchev–Trinajstić information content (AvgIpc) is 2.39. The Bertz CT molecular complexity index is 197. The summed E-state index contributed by atoms with van der Waals surface area (Å²) < 4.78 is 0. The molecular weight excluding hydrogens is 160 g/mol. The molecule has 0 aromatic rings. The first kappa shape index (κ1) is 9.23. The van der Waals surface area contributed by atoms with Gasteiger partial charge in [0.1, 0.15) is 5.78 Å². The minimum Gasteiger partial charge on any atom is -0.300 e. The number of hydrogen-bond donors (Lipinski definition) is 0. The van der Waals surface area contributed by atoms with Gasteiger partial charge in [0, 0.05) is 12.8 Å². The van der Waals surface area contributed by atoms with Crippen LogP contribution in [0.5, 0.6) is 0 Å². The van der Waals surface area contributed by atoms with Crippen molar-refractivity contribution in [1.82, 2.24) is 0 Å².